The highest BCUT2D eigenvalue weighted by molar-refractivity contribution is 5.89. The van der Waals surface area contributed by atoms with E-state index in [9.17, 15) is 15.8 Å². The largest absolute Gasteiger partial charge is 0.447 e. The van der Waals surface area contributed by atoms with Gasteiger partial charge in [0.1, 0.15) is 0 Å². The summed E-state index contributed by atoms with van der Waals surface area (Å²) in [5.74, 6) is -1.89. The number of nitrogens with one attached hydrogen (secondary N) is 1. The van der Waals surface area contributed by atoms with Crippen LogP contribution in [0.5, 0.6) is 0 Å². The summed E-state index contributed by atoms with van der Waals surface area (Å²) in [5.41, 5.74) is -3.30. The van der Waals surface area contributed by atoms with Crippen molar-refractivity contribution in [1.82, 2.24) is 0 Å². The number of fused-ring (bicyclic) bond motifs is 2. The molecule has 2 rings (SSSR count). The van der Waals surface area contributed by atoms with E-state index < -0.39 is 28.6 Å². The summed E-state index contributed by atoms with van der Waals surface area (Å²) in [6.45, 7) is 5.43. The SMILES string of the molecule is CCCC12OC(=N)C(C#N)(C1CC)C(C#N)(C#N)C(C)O2. The topological polar surface area (TPSA) is 114 Å². The van der Waals surface area contributed by atoms with Crippen LogP contribution in [0.3, 0.4) is 0 Å². The summed E-state index contributed by atoms with van der Waals surface area (Å²) >= 11 is 0. The van der Waals surface area contributed by atoms with Crippen molar-refractivity contribution in [2.75, 3.05) is 0 Å². The maximum atomic E-state index is 9.81. The molecule has 4 atom stereocenters. The van der Waals surface area contributed by atoms with Gasteiger partial charge >= 0.3 is 0 Å². The van der Waals surface area contributed by atoms with Gasteiger partial charge in [0, 0.05) is 6.42 Å². The van der Waals surface area contributed by atoms with Gasteiger partial charge in [-0.15, -0.1) is 0 Å². The van der Waals surface area contributed by atoms with Crippen molar-refractivity contribution in [1.29, 1.82) is 21.2 Å². The van der Waals surface area contributed by atoms with Crippen LogP contribution in [0, 0.1) is 56.2 Å². The fourth-order valence-corrected chi connectivity index (χ4v) is 3.93. The number of hydrogen-bond donors (Lipinski definition) is 1. The number of nitrogens with zero attached hydrogens (tertiary/aromatic N) is 3. The Morgan fingerprint density at radius 2 is 1.81 bits per heavy atom. The molecule has 0 aliphatic carbocycles. The first-order chi connectivity index (χ1) is 9.94. The van der Waals surface area contributed by atoms with E-state index in [-0.39, 0.29) is 5.90 Å². The van der Waals surface area contributed by atoms with E-state index in [4.69, 9.17) is 14.9 Å². The number of nitriles is 3. The highest BCUT2D eigenvalue weighted by atomic mass is 16.7. The van der Waals surface area contributed by atoms with E-state index in [1.54, 1.807) is 6.92 Å². The molecule has 0 amide bonds. The minimum atomic E-state index is -1.73. The third kappa shape index (κ3) is 1.45. The van der Waals surface area contributed by atoms with Crippen LogP contribution >= 0.6 is 0 Å². The lowest BCUT2D eigenvalue weighted by molar-refractivity contribution is -0.279. The van der Waals surface area contributed by atoms with Crippen LogP contribution < -0.4 is 0 Å². The second kappa shape index (κ2) is 4.72. The third-order valence-corrected chi connectivity index (χ3v) is 4.83. The first kappa shape index (κ1) is 15.3. The van der Waals surface area contributed by atoms with Crippen LogP contribution in [-0.4, -0.2) is 17.8 Å². The zero-order chi connectivity index (χ0) is 15.9. The van der Waals surface area contributed by atoms with Crippen LogP contribution in [0.15, 0.2) is 0 Å². The zero-order valence-electron chi connectivity index (χ0n) is 12.4. The molecule has 2 saturated heterocycles. The van der Waals surface area contributed by atoms with Gasteiger partial charge in [0.2, 0.25) is 11.7 Å². The molecule has 0 aromatic rings. The Morgan fingerprint density at radius 3 is 2.24 bits per heavy atom. The van der Waals surface area contributed by atoms with E-state index >= 15 is 0 Å². The van der Waals surface area contributed by atoms with Gasteiger partial charge in [-0.3, -0.25) is 5.41 Å². The minimum absolute atomic E-state index is 0.308. The van der Waals surface area contributed by atoms with Gasteiger partial charge in [0.25, 0.3) is 0 Å². The number of rotatable bonds is 3. The maximum absolute atomic E-state index is 9.81. The molecule has 6 nitrogen and oxygen atoms in total. The van der Waals surface area contributed by atoms with Gasteiger partial charge in [-0.1, -0.05) is 13.8 Å². The first-order valence-electron chi connectivity index (χ1n) is 7.14. The Hall–Kier alpha value is -2.10. The molecule has 0 aromatic heterocycles. The zero-order valence-corrected chi connectivity index (χ0v) is 12.4. The quantitative estimate of drug-likeness (QED) is 0.856. The molecular formula is C15H18N4O2. The van der Waals surface area contributed by atoms with E-state index in [0.29, 0.717) is 12.8 Å². The van der Waals surface area contributed by atoms with Crippen molar-refractivity contribution in [2.45, 2.75) is 51.9 Å². The van der Waals surface area contributed by atoms with Crippen LogP contribution in [0.25, 0.3) is 0 Å². The van der Waals surface area contributed by atoms with Crippen molar-refractivity contribution < 1.29 is 9.47 Å². The summed E-state index contributed by atoms with van der Waals surface area (Å²) in [6.07, 6.45) is 0.969. The number of hydrogen-bond acceptors (Lipinski definition) is 6. The van der Waals surface area contributed by atoms with Crippen LogP contribution in [-0.2, 0) is 9.47 Å². The predicted molar refractivity (Wildman–Crippen MR) is 72.5 cm³/mol. The highest BCUT2D eigenvalue weighted by Crippen LogP contribution is 2.64. The van der Waals surface area contributed by atoms with E-state index in [2.05, 4.69) is 6.07 Å². The van der Waals surface area contributed by atoms with Gasteiger partial charge in [-0.2, -0.15) is 15.8 Å². The molecule has 0 spiro atoms. The Balaban J connectivity index is 2.77. The Labute approximate surface area is 124 Å². The van der Waals surface area contributed by atoms with Crippen molar-refractivity contribution >= 4 is 5.90 Å². The van der Waals surface area contributed by atoms with Gasteiger partial charge < -0.3 is 9.47 Å². The molecule has 4 unspecified atom stereocenters. The molecule has 2 bridgehead atoms. The second-order valence-corrected chi connectivity index (χ2v) is 5.67. The Bertz CT molecular complexity index is 582. The van der Waals surface area contributed by atoms with Crippen LogP contribution in [0.4, 0.5) is 0 Å². The average molecular weight is 286 g/mol. The van der Waals surface area contributed by atoms with Crippen molar-refractivity contribution in [2.24, 2.45) is 16.7 Å². The molecule has 2 aliphatic rings. The predicted octanol–water partition coefficient (Wildman–Crippen LogP) is 2.48. The van der Waals surface area contributed by atoms with Gasteiger partial charge in [-0.05, 0) is 19.8 Å². The molecule has 110 valence electrons. The normalized spacial score (nSPS) is 39.7. The molecule has 2 heterocycles. The molecule has 2 aliphatic heterocycles. The maximum Gasteiger partial charge on any atom is 0.217 e. The fourth-order valence-electron chi connectivity index (χ4n) is 3.93. The highest BCUT2D eigenvalue weighted by Gasteiger charge is 2.78. The summed E-state index contributed by atoms with van der Waals surface area (Å²) in [4.78, 5) is 0. The van der Waals surface area contributed by atoms with E-state index in [0.717, 1.165) is 6.42 Å². The molecule has 1 N–H and O–H groups in total. The van der Waals surface area contributed by atoms with Gasteiger partial charge in [0.15, 0.2) is 10.8 Å². The van der Waals surface area contributed by atoms with Crippen molar-refractivity contribution in [3.8, 4) is 18.2 Å². The summed E-state index contributed by atoms with van der Waals surface area (Å²) in [5, 5.41) is 37.2. The van der Waals surface area contributed by atoms with Gasteiger partial charge in [0.05, 0.1) is 30.2 Å². The molecule has 2 fully saturated rings. The molecule has 0 radical (unpaired) electrons. The first-order valence-corrected chi connectivity index (χ1v) is 7.14. The lowest BCUT2D eigenvalue weighted by Gasteiger charge is -2.48. The van der Waals surface area contributed by atoms with Gasteiger partial charge in [-0.25, -0.2) is 0 Å². The molecule has 0 saturated carbocycles. The van der Waals surface area contributed by atoms with Crippen molar-refractivity contribution in [3.63, 3.8) is 0 Å². The Kier molecular flexibility index (Phi) is 3.44. The lowest BCUT2D eigenvalue weighted by atomic mass is 9.53. The molecule has 6 heteroatoms. The summed E-state index contributed by atoms with van der Waals surface area (Å²) in [7, 11) is 0. The lowest BCUT2D eigenvalue weighted by Crippen LogP contribution is -2.61. The summed E-state index contributed by atoms with van der Waals surface area (Å²) < 4.78 is 11.6. The van der Waals surface area contributed by atoms with Crippen LogP contribution in [0.2, 0.25) is 0 Å². The van der Waals surface area contributed by atoms with E-state index in [1.807, 2.05) is 26.0 Å². The van der Waals surface area contributed by atoms with E-state index in [1.165, 1.54) is 0 Å². The Morgan fingerprint density at radius 1 is 1.19 bits per heavy atom. The minimum Gasteiger partial charge on any atom is -0.447 e. The average Bonchev–Trinajstić information content (AvgIpc) is 2.65. The monoisotopic (exact) mass is 286 g/mol. The third-order valence-electron chi connectivity index (χ3n) is 4.83. The summed E-state index contributed by atoms with van der Waals surface area (Å²) in [6, 6.07) is 6.01. The standard InChI is InChI=1S/C15H18N4O2/c1-4-6-15-11(5-2)14(9-18,12(19)21-15)13(7-16,8-17)10(3)20-15/h10-11,19H,4-6H2,1-3H3. The van der Waals surface area contributed by atoms with Crippen LogP contribution in [0.1, 0.15) is 40.0 Å². The smallest absolute Gasteiger partial charge is 0.217 e. The van der Waals surface area contributed by atoms with Crippen molar-refractivity contribution in [3.05, 3.63) is 0 Å². The fraction of sp³-hybridized carbons (Fsp3) is 0.733. The number of ether oxygens (including phenoxy) is 2. The molecule has 21 heavy (non-hydrogen) atoms. The molecular weight excluding hydrogens is 268 g/mol. The molecule has 0 aromatic carbocycles. The second-order valence-electron chi connectivity index (χ2n) is 5.67.